The number of carbonyl (C=O) groups is 1. The first kappa shape index (κ1) is 14.9. The number of amides is 1. The number of hydrogen-bond acceptors (Lipinski definition) is 3. The van der Waals surface area contributed by atoms with Gasteiger partial charge in [-0.05, 0) is 37.3 Å². The molecule has 5 heteroatoms. The number of hydrogen-bond donors (Lipinski definition) is 2. The third kappa shape index (κ3) is 4.63. The average molecular weight is 270 g/mol. The van der Waals surface area contributed by atoms with Gasteiger partial charge in [-0.1, -0.05) is 6.07 Å². The average Bonchev–Trinajstić information content (AvgIpc) is 2.33. The van der Waals surface area contributed by atoms with Crippen LogP contribution in [0.3, 0.4) is 0 Å². The van der Waals surface area contributed by atoms with E-state index < -0.39 is 0 Å². The second-order valence-electron chi connectivity index (χ2n) is 4.72. The van der Waals surface area contributed by atoms with Crippen molar-refractivity contribution in [1.82, 2.24) is 10.3 Å². The van der Waals surface area contributed by atoms with Crippen molar-refractivity contribution in [2.45, 2.75) is 44.2 Å². The molecular weight excluding hydrogens is 250 g/mol. The zero-order valence-corrected chi connectivity index (χ0v) is 11.2. The molecule has 2 rings (SSSR count). The summed E-state index contributed by atoms with van der Waals surface area (Å²) in [6, 6.07) is 4.39. The fourth-order valence-electron chi connectivity index (χ4n) is 2.23. The van der Waals surface area contributed by atoms with Crippen molar-refractivity contribution in [3.05, 3.63) is 30.1 Å². The topological polar surface area (TPSA) is 68.0 Å². The normalized spacial score (nSPS) is 22.9. The van der Waals surface area contributed by atoms with E-state index in [0.717, 1.165) is 31.2 Å². The largest absolute Gasteiger partial charge is 0.353 e. The summed E-state index contributed by atoms with van der Waals surface area (Å²) < 4.78 is 0. The van der Waals surface area contributed by atoms with Gasteiger partial charge in [0, 0.05) is 24.5 Å². The molecule has 0 aliphatic heterocycles. The second-order valence-corrected chi connectivity index (χ2v) is 4.72. The van der Waals surface area contributed by atoms with Gasteiger partial charge < -0.3 is 11.1 Å². The summed E-state index contributed by atoms with van der Waals surface area (Å²) in [5, 5.41) is 3.07. The maximum absolute atomic E-state index is 11.8. The molecule has 1 aromatic rings. The van der Waals surface area contributed by atoms with Crippen LogP contribution in [0.1, 0.15) is 31.2 Å². The van der Waals surface area contributed by atoms with Crippen molar-refractivity contribution in [3.63, 3.8) is 0 Å². The first-order chi connectivity index (χ1) is 8.24. The van der Waals surface area contributed by atoms with E-state index in [9.17, 15) is 4.79 Å². The molecule has 1 saturated carbocycles. The van der Waals surface area contributed by atoms with E-state index in [-0.39, 0.29) is 18.3 Å². The van der Waals surface area contributed by atoms with Gasteiger partial charge in [0.05, 0.1) is 6.42 Å². The molecule has 1 amide bonds. The lowest BCUT2D eigenvalue weighted by Crippen LogP contribution is -2.41. The van der Waals surface area contributed by atoms with Crippen molar-refractivity contribution in [1.29, 1.82) is 0 Å². The Morgan fingerprint density at radius 2 is 2.11 bits per heavy atom. The van der Waals surface area contributed by atoms with Crippen LogP contribution in [0.2, 0.25) is 0 Å². The Morgan fingerprint density at radius 1 is 1.39 bits per heavy atom. The molecule has 1 heterocycles. The van der Waals surface area contributed by atoms with E-state index in [4.69, 9.17) is 5.73 Å². The lowest BCUT2D eigenvalue weighted by Gasteiger charge is -2.26. The van der Waals surface area contributed by atoms with Crippen LogP contribution in [-0.2, 0) is 11.2 Å². The van der Waals surface area contributed by atoms with Gasteiger partial charge in [-0.15, -0.1) is 12.4 Å². The molecule has 0 radical (unpaired) electrons. The molecule has 100 valence electrons. The summed E-state index contributed by atoms with van der Waals surface area (Å²) in [6.07, 6.45) is 7.88. The Morgan fingerprint density at radius 3 is 2.72 bits per heavy atom. The Balaban J connectivity index is 0.00000162. The van der Waals surface area contributed by atoms with Crippen LogP contribution in [0.25, 0.3) is 0 Å². The number of aromatic nitrogens is 1. The van der Waals surface area contributed by atoms with Gasteiger partial charge in [0.15, 0.2) is 0 Å². The molecule has 1 fully saturated rings. The predicted molar refractivity (Wildman–Crippen MR) is 73.6 cm³/mol. The van der Waals surface area contributed by atoms with Crippen molar-refractivity contribution >= 4 is 18.3 Å². The highest BCUT2D eigenvalue weighted by atomic mass is 35.5. The van der Waals surface area contributed by atoms with Gasteiger partial charge >= 0.3 is 0 Å². The first-order valence-corrected chi connectivity index (χ1v) is 6.18. The quantitative estimate of drug-likeness (QED) is 0.872. The minimum atomic E-state index is 0. The summed E-state index contributed by atoms with van der Waals surface area (Å²) in [7, 11) is 0. The van der Waals surface area contributed by atoms with Crippen LogP contribution in [0.4, 0.5) is 0 Å². The summed E-state index contributed by atoms with van der Waals surface area (Å²) in [5.41, 5.74) is 6.79. The van der Waals surface area contributed by atoms with Crippen molar-refractivity contribution < 1.29 is 4.79 Å². The summed E-state index contributed by atoms with van der Waals surface area (Å²) in [4.78, 5) is 15.8. The second kappa shape index (κ2) is 7.34. The SMILES string of the molecule is Cl.NC1CCC(NC(=O)Cc2cccnc2)CC1. The van der Waals surface area contributed by atoms with Crippen LogP contribution >= 0.6 is 12.4 Å². The van der Waals surface area contributed by atoms with Crippen LogP contribution in [0, 0.1) is 0 Å². The smallest absolute Gasteiger partial charge is 0.224 e. The number of carbonyl (C=O) groups excluding carboxylic acids is 1. The van der Waals surface area contributed by atoms with Gasteiger partial charge in [0.1, 0.15) is 0 Å². The molecule has 0 unspecified atom stereocenters. The van der Waals surface area contributed by atoms with E-state index in [1.54, 1.807) is 12.4 Å². The monoisotopic (exact) mass is 269 g/mol. The molecule has 18 heavy (non-hydrogen) atoms. The Hall–Kier alpha value is -1.13. The maximum atomic E-state index is 11.8. The lowest BCUT2D eigenvalue weighted by atomic mass is 9.92. The van der Waals surface area contributed by atoms with Crippen molar-refractivity contribution in [3.8, 4) is 0 Å². The highest BCUT2D eigenvalue weighted by Gasteiger charge is 2.19. The minimum Gasteiger partial charge on any atom is -0.353 e. The summed E-state index contributed by atoms with van der Waals surface area (Å²) >= 11 is 0. The lowest BCUT2D eigenvalue weighted by molar-refractivity contribution is -0.121. The number of nitrogens with one attached hydrogen (secondary N) is 1. The fourth-order valence-corrected chi connectivity index (χ4v) is 2.23. The van der Waals surface area contributed by atoms with Crippen molar-refractivity contribution in [2.75, 3.05) is 0 Å². The molecular formula is C13H20ClN3O. The van der Waals surface area contributed by atoms with Crippen LogP contribution in [-0.4, -0.2) is 23.0 Å². The van der Waals surface area contributed by atoms with Crippen LogP contribution in [0.5, 0.6) is 0 Å². The molecule has 1 aliphatic carbocycles. The third-order valence-corrected chi connectivity index (χ3v) is 3.22. The molecule has 0 bridgehead atoms. The van der Waals surface area contributed by atoms with Gasteiger partial charge in [0.25, 0.3) is 0 Å². The van der Waals surface area contributed by atoms with Gasteiger partial charge in [-0.2, -0.15) is 0 Å². The van der Waals surface area contributed by atoms with Crippen LogP contribution < -0.4 is 11.1 Å². The molecule has 0 aromatic carbocycles. The van der Waals surface area contributed by atoms with E-state index >= 15 is 0 Å². The van der Waals surface area contributed by atoms with E-state index in [2.05, 4.69) is 10.3 Å². The molecule has 0 saturated heterocycles. The van der Waals surface area contributed by atoms with Gasteiger partial charge in [-0.3, -0.25) is 9.78 Å². The molecule has 0 atom stereocenters. The van der Waals surface area contributed by atoms with E-state index in [1.165, 1.54) is 0 Å². The summed E-state index contributed by atoms with van der Waals surface area (Å²) in [5.74, 6) is 0.0819. The van der Waals surface area contributed by atoms with E-state index in [1.807, 2.05) is 12.1 Å². The zero-order valence-electron chi connectivity index (χ0n) is 10.3. The first-order valence-electron chi connectivity index (χ1n) is 6.18. The number of nitrogens with two attached hydrogens (primary N) is 1. The Kier molecular flexibility index (Phi) is 6.09. The van der Waals surface area contributed by atoms with Crippen LogP contribution in [0.15, 0.2) is 24.5 Å². The van der Waals surface area contributed by atoms with Gasteiger partial charge in [0.2, 0.25) is 5.91 Å². The minimum absolute atomic E-state index is 0. The number of rotatable bonds is 3. The number of nitrogens with zero attached hydrogens (tertiary/aromatic N) is 1. The molecule has 0 spiro atoms. The Bertz CT molecular complexity index is 364. The van der Waals surface area contributed by atoms with Crippen molar-refractivity contribution in [2.24, 2.45) is 5.73 Å². The Labute approximate surface area is 114 Å². The fraction of sp³-hybridized carbons (Fsp3) is 0.538. The zero-order chi connectivity index (χ0) is 12.1. The van der Waals surface area contributed by atoms with E-state index in [0.29, 0.717) is 18.5 Å². The van der Waals surface area contributed by atoms with Gasteiger partial charge in [-0.25, -0.2) is 0 Å². The standard InChI is InChI=1S/C13H19N3O.ClH/c14-11-3-5-12(6-4-11)16-13(17)8-10-2-1-7-15-9-10;/h1-2,7,9,11-12H,3-6,8,14H2,(H,16,17);1H. The number of pyridine rings is 1. The predicted octanol–water partition coefficient (Wildman–Crippen LogP) is 1.43. The summed E-state index contributed by atoms with van der Waals surface area (Å²) in [6.45, 7) is 0. The molecule has 4 nitrogen and oxygen atoms in total. The third-order valence-electron chi connectivity index (χ3n) is 3.22. The maximum Gasteiger partial charge on any atom is 0.224 e. The molecule has 1 aliphatic rings. The molecule has 3 N–H and O–H groups in total. The molecule has 1 aromatic heterocycles. The number of halogens is 1. The highest BCUT2D eigenvalue weighted by Crippen LogP contribution is 2.16. The highest BCUT2D eigenvalue weighted by molar-refractivity contribution is 5.85.